The zero-order chi connectivity index (χ0) is 13.3. The van der Waals surface area contributed by atoms with Gasteiger partial charge in [-0.25, -0.2) is 13.6 Å². The monoisotopic (exact) mass is 265 g/mol. The summed E-state index contributed by atoms with van der Waals surface area (Å²) in [5.74, 6) is -0.251. The van der Waals surface area contributed by atoms with E-state index in [1.807, 2.05) is 19.1 Å². The normalized spacial score (nSPS) is 11.9. The molecule has 2 aromatic rings. The van der Waals surface area contributed by atoms with Gasteiger partial charge in [0.1, 0.15) is 10.6 Å². The van der Waals surface area contributed by atoms with Crippen LogP contribution in [0.25, 0.3) is 10.8 Å². The molecule has 18 heavy (non-hydrogen) atoms. The standard InChI is InChI=1S/C13H15NO3S/c1-2-5-10-8-9-6-3-4-7-11(9)12(15)13(10)18(14,16)17/h3-4,6-8,15H,2,5H2,1H3,(H2,14,16,17). The van der Waals surface area contributed by atoms with Crippen LogP contribution in [0.3, 0.4) is 0 Å². The predicted molar refractivity (Wildman–Crippen MR) is 71.0 cm³/mol. The lowest BCUT2D eigenvalue weighted by atomic mass is 10.0. The number of fused-ring (bicyclic) bond motifs is 1. The van der Waals surface area contributed by atoms with Crippen molar-refractivity contribution in [2.45, 2.75) is 24.7 Å². The van der Waals surface area contributed by atoms with Gasteiger partial charge in [0, 0.05) is 5.39 Å². The summed E-state index contributed by atoms with van der Waals surface area (Å²) in [7, 11) is -3.93. The number of phenolic OH excluding ortho intramolecular Hbond substituents is 1. The molecule has 0 amide bonds. The number of primary sulfonamides is 1. The van der Waals surface area contributed by atoms with E-state index in [0.717, 1.165) is 11.8 Å². The van der Waals surface area contributed by atoms with Crippen molar-refractivity contribution in [3.05, 3.63) is 35.9 Å². The van der Waals surface area contributed by atoms with Crippen LogP contribution in [0.4, 0.5) is 0 Å². The quantitative estimate of drug-likeness (QED) is 0.892. The average Bonchev–Trinajstić information content (AvgIpc) is 2.28. The maximum atomic E-state index is 11.6. The Hall–Kier alpha value is -1.59. The van der Waals surface area contributed by atoms with Crippen molar-refractivity contribution in [1.82, 2.24) is 0 Å². The van der Waals surface area contributed by atoms with E-state index >= 15 is 0 Å². The molecule has 3 N–H and O–H groups in total. The molecule has 0 saturated heterocycles. The molecule has 5 heteroatoms. The highest BCUT2D eigenvalue weighted by molar-refractivity contribution is 7.89. The summed E-state index contributed by atoms with van der Waals surface area (Å²) in [6.07, 6.45) is 1.34. The van der Waals surface area contributed by atoms with E-state index in [2.05, 4.69) is 0 Å². The number of nitrogens with two attached hydrogens (primary N) is 1. The van der Waals surface area contributed by atoms with E-state index in [9.17, 15) is 13.5 Å². The Labute approximate surface area is 106 Å². The Morgan fingerprint density at radius 3 is 2.56 bits per heavy atom. The van der Waals surface area contributed by atoms with E-state index < -0.39 is 10.0 Å². The van der Waals surface area contributed by atoms with Gasteiger partial charge < -0.3 is 5.11 Å². The largest absolute Gasteiger partial charge is 0.506 e. The molecule has 0 aliphatic rings. The fourth-order valence-corrected chi connectivity index (χ4v) is 3.04. The van der Waals surface area contributed by atoms with Crippen LogP contribution in [0.15, 0.2) is 35.2 Å². The minimum Gasteiger partial charge on any atom is -0.506 e. The lowest BCUT2D eigenvalue weighted by Gasteiger charge is -2.12. The lowest BCUT2D eigenvalue weighted by Crippen LogP contribution is -2.15. The summed E-state index contributed by atoms with van der Waals surface area (Å²) < 4.78 is 23.2. The first-order valence-electron chi connectivity index (χ1n) is 5.71. The van der Waals surface area contributed by atoms with Gasteiger partial charge in [-0.2, -0.15) is 0 Å². The molecule has 0 fully saturated rings. The summed E-state index contributed by atoms with van der Waals surface area (Å²) in [6, 6.07) is 8.87. The molecule has 2 aromatic carbocycles. The van der Waals surface area contributed by atoms with E-state index in [-0.39, 0.29) is 10.6 Å². The third-order valence-corrected chi connectivity index (χ3v) is 3.88. The van der Waals surface area contributed by atoms with Crippen LogP contribution in [-0.2, 0) is 16.4 Å². The first kappa shape index (κ1) is 12.9. The number of aryl methyl sites for hydroxylation is 1. The fourth-order valence-electron chi connectivity index (χ4n) is 2.14. The highest BCUT2D eigenvalue weighted by Gasteiger charge is 2.21. The molecule has 2 rings (SSSR count). The van der Waals surface area contributed by atoms with Crippen LogP contribution in [0.5, 0.6) is 5.75 Å². The van der Waals surface area contributed by atoms with Gasteiger partial charge in [0.15, 0.2) is 0 Å². The van der Waals surface area contributed by atoms with Gasteiger partial charge in [-0.05, 0) is 23.4 Å². The van der Waals surface area contributed by atoms with Gasteiger partial charge in [0.2, 0.25) is 10.0 Å². The second kappa shape index (κ2) is 4.59. The lowest BCUT2D eigenvalue weighted by molar-refractivity contribution is 0.463. The number of rotatable bonds is 3. The zero-order valence-electron chi connectivity index (χ0n) is 10.1. The molecule has 0 bridgehead atoms. The molecule has 0 radical (unpaired) electrons. The molecule has 0 saturated carbocycles. The number of hydrogen-bond donors (Lipinski definition) is 2. The molecule has 0 unspecified atom stereocenters. The van der Waals surface area contributed by atoms with Gasteiger partial charge in [-0.15, -0.1) is 0 Å². The van der Waals surface area contributed by atoms with Crippen molar-refractivity contribution in [3.63, 3.8) is 0 Å². The van der Waals surface area contributed by atoms with Crippen LogP contribution in [-0.4, -0.2) is 13.5 Å². The SMILES string of the molecule is CCCc1cc2ccccc2c(O)c1S(N)(=O)=O. The summed E-state index contributed by atoms with van der Waals surface area (Å²) in [5, 5.41) is 16.6. The second-order valence-corrected chi connectivity index (χ2v) is 5.73. The van der Waals surface area contributed by atoms with E-state index in [0.29, 0.717) is 17.4 Å². The minimum atomic E-state index is -3.93. The van der Waals surface area contributed by atoms with Gasteiger partial charge in [-0.1, -0.05) is 37.6 Å². The first-order valence-corrected chi connectivity index (χ1v) is 7.26. The number of aromatic hydroxyl groups is 1. The van der Waals surface area contributed by atoms with E-state index in [1.54, 1.807) is 18.2 Å². The van der Waals surface area contributed by atoms with Gasteiger partial charge in [-0.3, -0.25) is 0 Å². The predicted octanol–water partition coefficient (Wildman–Crippen LogP) is 2.15. The van der Waals surface area contributed by atoms with Gasteiger partial charge in [0.05, 0.1) is 0 Å². The maximum absolute atomic E-state index is 11.6. The average molecular weight is 265 g/mol. The Balaban J connectivity index is 2.88. The third-order valence-electron chi connectivity index (χ3n) is 2.86. The highest BCUT2D eigenvalue weighted by Crippen LogP contribution is 2.34. The molecule has 0 atom stereocenters. The fraction of sp³-hybridized carbons (Fsp3) is 0.231. The van der Waals surface area contributed by atoms with E-state index in [1.165, 1.54) is 0 Å². The molecule has 0 aliphatic heterocycles. The van der Waals surface area contributed by atoms with Gasteiger partial charge >= 0.3 is 0 Å². The molecule has 0 aromatic heterocycles. The summed E-state index contributed by atoms with van der Waals surface area (Å²) in [6.45, 7) is 1.94. The number of benzene rings is 2. The molecular weight excluding hydrogens is 250 g/mol. The third kappa shape index (κ3) is 2.19. The molecular formula is C13H15NO3S. The highest BCUT2D eigenvalue weighted by atomic mass is 32.2. The molecule has 96 valence electrons. The van der Waals surface area contributed by atoms with Crippen LogP contribution >= 0.6 is 0 Å². The van der Waals surface area contributed by atoms with Crippen molar-refractivity contribution in [2.24, 2.45) is 5.14 Å². The minimum absolute atomic E-state index is 0.150. The molecule has 0 spiro atoms. The Bertz CT molecular complexity index is 693. The molecule has 0 heterocycles. The van der Waals surface area contributed by atoms with Crippen molar-refractivity contribution in [1.29, 1.82) is 0 Å². The Morgan fingerprint density at radius 2 is 1.94 bits per heavy atom. The second-order valence-electron chi connectivity index (χ2n) is 4.23. The van der Waals surface area contributed by atoms with Crippen LogP contribution in [0, 0.1) is 0 Å². The summed E-state index contributed by atoms with van der Waals surface area (Å²) in [4.78, 5) is -0.150. The number of sulfonamides is 1. The Kier molecular flexibility index (Phi) is 3.28. The van der Waals surface area contributed by atoms with Crippen molar-refractivity contribution in [3.8, 4) is 5.75 Å². The number of phenols is 1. The molecule has 4 nitrogen and oxygen atoms in total. The summed E-state index contributed by atoms with van der Waals surface area (Å²) >= 11 is 0. The first-order chi connectivity index (χ1) is 8.45. The van der Waals surface area contributed by atoms with Crippen LogP contribution < -0.4 is 5.14 Å². The maximum Gasteiger partial charge on any atom is 0.242 e. The number of hydrogen-bond acceptors (Lipinski definition) is 3. The van der Waals surface area contributed by atoms with Gasteiger partial charge in [0.25, 0.3) is 0 Å². The van der Waals surface area contributed by atoms with Crippen LogP contribution in [0.2, 0.25) is 0 Å². The Morgan fingerprint density at radius 1 is 1.28 bits per heavy atom. The smallest absolute Gasteiger partial charge is 0.242 e. The van der Waals surface area contributed by atoms with Crippen molar-refractivity contribution in [2.75, 3.05) is 0 Å². The zero-order valence-corrected chi connectivity index (χ0v) is 10.9. The van der Waals surface area contributed by atoms with Crippen LogP contribution in [0.1, 0.15) is 18.9 Å². The van der Waals surface area contributed by atoms with Crippen molar-refractivity contribution >= 4 is 20.8 Å². The van der Waals surface area contributed by atoms with E-state index in [4.69, 9.17) is 5.14 Å². The van der Waals surface area contributed by atoms with Crippen molar-refractivity contribution < 1.29 is 13.5 Å². The molecule has 0 aliphatic carbocycles. The topological polar surface area (TPSA) is 80.4 Å². The summed E-state index contributed by atoms with van der Waals surface area (Å²) in [5.41, 5.74) is 0.566.